The highest BCUT2D eigenvalue weighted by molar-refractivity contribution is 5.93. The summed E-state index contributed by atoms with van der Waals surface area (Å²) in [5.41, 5.74) is 9.39. The monoisotopic (exact) mass is 478 g/mol. The Morgan fingerprint density at radius 3 is 1.32 bits per heavy atom. The second kappa shape index (κ2) is 7.72. The maximum atomic E-state index is 10.1. The van der Waals surface area contributed by atoms with Crippen LogP contribution in [0.5, 0.6) is 11.5 Å². The third-order valence-electron chi connectivity index (χ3n) is 8.09. The third kappa shape index (κ3) is 2.99. The summed E-state index contributed by atoms with van der Waals surface area (Å²) in [7, 11) is 0. The summed E-state index contributed by atoms with van der Waals surface area (Å²) >= 11 is 0. The standard InChI is InChI=1S/C35H26O2/c1-21-15-25-17-27(36)13-11-23(25)19-33(21)35(34-20-24-12-14-28(37)18-26(24)16-22(34)2)31-9-5-3-7-29(31)30-8-4-6-10-32(30)35/h3-20,36-37H,1-2H3. The zero-order valence-corrected chi connectivity index (χ0v) is 20.8. The van der Waals surface area contributed by atoms with Crippen LogP contribution in [0, 0.1) is 13.8 Å². The SMILES string of the molecule is Cc1cc2cc(O)ccc2cc1C1(c2cc3ccc(O)cc3cc2C)c2ccccc2-c2ccccc21. The number of hydrogen-bond donors (Lipinski definition) is 2. The summed E-state index contributed by atoms with van der Waals surface area (Å²) < 4.78 is 0. The number of rotatable bonds is 2. The number of aryl methyl sites for hydroxylation is 2. The van der Waals surface area contributed by atoms with Gasteiger partial charge in [-0.1, -0.05) is 72.8 Å². The zero-order valence-electron chi connectivity index (χ0n) is 20.8. The van der Waals surface area contributed by atoms with Crippen molar-refractivity contribution in [2.75, 3.05) is 0 Å². The van der Waals surface area contributed by atoms with Crippen LogP contribution < -0.4 is 0 Å². The molecule has 2 nitrogen and oxygen atoms in total. The van der Waals surface area contributed by atoms with Gasteiger partial charge in [0, 0.05) is 0 Å². The van der Waals surface area contributed by atoms with E-state index in [4.69, 9.17) is 0 Å². The first-order chi connectivity index (χ1) is 18.0. The molecule has 2 N–H and O–H groups in total. The average molecular weight is 479 g/mol. The van der Waals surface area contributed by atoms with Gasteiger partial charge in [-0.25, -0.2) is 0 Å². The molecule has 0 bridgehead atoms. The van der Waals surface area contributed by atoms with Crippen molar-refractivity contribution in [3.8, 4) is 22.6 Å². The van der Waals surface area contributed by atoms with Crippen molar-refractivity contribution < 1.29 is 10.2 Å². The van der Waals surface area contributed by atoms with Crippen molar-refractivity contribution in [3.63, 3.8) is 0 Å². The van der Waals surface area contributed by atoms with Crippen LogP contribution in [0.2, 0.25) is 0 Å². The Morgan fingerprint density at radius 2 is 0.865 bits per heavy atom. The van der Waals surface area contributed by atoms with Crippen LogP contribution in [0.1, 0.15) is 33.4 Å². The van der Waals surface area contributed by atoms with E-state index in [2.05, 4.69) is 86.6 Å². The maximum absolute atomic E-state index is 10.1. The normalized spacial score (nSPS) is 13.6. The quantitative estimate of drug-likeness (QED) is 0.262. The second-order valence-electron chi connectivity index (χ2n) is 10.2. The van der Waals surface area contributed by atoms with Crippen molar-refractivity contribution in [3.05, 3.63) is 143 Å². The van der Waals surface area contributed by atoms with Gasteiger partial charge in [-0.05, 0) is 116 Å². The molecule has 7 rings (SSSR count). The van der Waals surface area contributed by atoms with Gasteiger partial charge in [-0.2, -0.15) is 0 Å². The third-order valence-corrected chi connectivity index (χ3v) is 8.09. The Hall–Kier alpha value is -4.56. The molecule has 0 atom stereocenters. The van der Waals surface area contributed by atoms with Crippen LogP contribution >= 0.6 is 0 Å². The number of benzene rings is 6. The van der Waals surface area contributed by atoms with Crippen molar-refractivity contribution in [2.24, 2.45) is 0 Å². The van der Waals surface area contributed by atoms with Gasteiger partial charge in [0.1, 0.15) is 11.5 Å². The lowest BCUT2D eigenvalue weighted by atomic mass is 9.65. The van der Waals surface area contributed by atoms with Gasteiger partial charge in [0.25, 0.3) is 0 Å². The molecule has 0 radical (unpaired) electrons. The molecule has 37 heavy (non-hydrogen) atoms. The Kier molecular flexibility index (Phi) is 4.53. The first-order valence-corrected chi connectivity index (χ1v) is 12.6. The molecule has 0 amide bonds. The molecule has 0 unspecified atom stereocenters. The fourth-order valence-corrected chi connectivity index (χ4v) is 6.57. The predicted octanol–water partition coefficient (Wildman–Crippen LogP) is 8.38. The largest absolute Gasteiger partial charge is 0.508 e. The van der Waals surface area contributed by atoms with Crippen LogP contribution in [-0.4, -0.2) is 10.2 Å². The van der Waals surface area contributed by atoms with Gasteiger partial charge < -0.3 is 10.2 Å². The Labute approximate surface area is 216 Å². The zero-order chi connectivity index (χ0) is 25.3. The highest BCUT2D eigenvalue weighted by Gasteiger charge is 2.47. The first kappa shape index (κ1) is 21.7. The lowest BCUT2D eigenvalue weighted by Gasteiger charge is -2.36. The van der Waals surface area contributed by atoms with Gasteiger partial charge in [-0.15, -0.1) is 0 Å². The van der Waals surface area contributed by atoms with Gasteiger partial charge in [0.15, 0.2) is 0 Å². The van der Waals surface area contributed by atoms with E-state index in [1.807, 2.05) is 24.3 Å². The van der Waals surface area contributed by atoms with E-state index in [1.165, 1.54) is 44.5 Å². The molecule has 0 heterocycles. The van der Waals surface area contributed by atoms with Crippen molar-refractivity contribution in [1.29, 1.82) is 0 Å². The Bertz CT molecular complexity index is 1740. The van der Waals surface area contributed by atoms with Gasteiger partial charge >= 0.3 is 0 Å². The first-order valence-electron chi connectivity index (χ1n) is 12.6. The Balaban J connectivity index is 1.68. The molecule has 0 spiro atoms. The molecule has 0 aromatic heterocycles. The molecule has 1 aliphatic rings. The maximum Gasteiger partial charge on any atom is 0.116 e. The summed E-state index contributed by atoms with van der Waals surface area (Å²) in [5, 5.41) is 24.5. The van der Waals surface area contributed by atoms with Gasteiger partial charge in [0.2, 0.25) is 0 Å². The van der Waals surface area contributed by atoms with Crippen molar-refractivity contribution in [1.82, 2.24) is 0 Å². The molecule has 6 aromatic carbocycles. The van der Waals surface area contributed by atoms with E-state index in [0.717, 1.165) is 21.5 Å². The minimum absolute atomic E-state index is 0.277. The van der Waals surface area contributed by atoms with Crippen LogP contribution in [0.4, 0.5) is 0 Å². The lowest BCUT2D eigenvalue weighted by molar-refractivity contribution is 0.475. The number of aromatic hydroxyl groups is 2. The number of phenolic OH excluding ortho intramolecular Hbond substituents is 2. The van der Waals surface area contributed by atoms with E-state index in [-0.39, 0.29) is 11.5 Å². The van der Waals surface area contributed by atoms with Crippen LogP contribution in [0.15, 0.2) is 109 Å². The van der Waals surface area contributed by atoms with E-state index in [0.29, 0.717) is 0 Å². The van der Waals surface area contributed by atoms with Gasteiger partial charge in [-0.3, -0.25) is 0 Å². The van der Waals surface area contributed by atoms with Crippen LogP contribution in [0.3, 0.4) is 0 Å². The Morgan fingerprint density at radius 1 is 0.432 bits per heavy atom. The van der Waals surface area contributed by atoms with Crippen LogP contribution in [-0.2, 0) is 5.41 Å². The number of phenols is 2. The van der Waals surface area contributed by atoms with Crippen LogP contribution in [0.25, 0.3) is 32.7 Å². The molecular formula is C35H26O2. The fraction of sp³-hybridized carbons (Fsp3) is 0.0857. The molecule has 0 saturated heterocycles. The summed E-state index contributed by atoms with van der Waals surface area (Å²) in [6, 6.07) is 37.8. The van der Waals surface area contributed by atoms with E-state index in [9.17, 15) is 10.2 Å². The van der Waals surface area contributed by atoms with Gasteiger partial charge in [0.05, 0.1) is 5.41 Å². The van der Waals surface area contributed by atoms with E-state index in [1.54, 1.807) is 12.1 Å². The average Bonchev–Trinajstić information content (AvgIpc) is 3.19. The molecule has 0 fully saturated rings. The highest BCUT2D eigenvalue weighted by Crippen LogP contribution is 2.58. The van der Waals surface area contributed by atoms with E-state index < -0.39 is 5.41 Å². The highest BCUT2D eigenvalue weighted by atomic mass is 16.3. The molecule has 6 aromatic rings. The molecule has 178 valence electrons. The summed E-state index contributed by atoms with van der Waals surface area (Å²) in [5.74, 6) is 0.555. The van der Waals surface area contributed by atoms with E-state index >= 15 is 0 Å². The molecule has 0 aliphatic heterocycles. The minimum atomic E-state index is -0.514. The minimum Gasteiger partial charge on any atom is -0.508 e. The summed E-state index contributed by atoms with van der Waals surface area (Å²) in [6.45, 7) is 4.36. The molecule has 1 aliphatic carbocycles. The summed E-state index contributed by atoms with van der Waals surface area (Å²) in [6.07, 6.45) is 0. The van der Waals surface area contributed by atoms with Crippen molar-refractivity contribution >= 4 is 21.5 Å². The molecule has 0 saturated carbocycles. The number of hydrogen-bond acceptors (Lipinski definition) is 2. The number of fused-ring (bicyclic) bond motifs is 5. The molecular weight excluding hydrogens is 452 g/mol. The molecule has 2 heteroatoms. The fourth-order valence-electron chi connectivity index (χ4n) is 6.57. The lowest BCUT2D eigenvalue weighted by Crippen LogP contribution is -2.30. The summed E-state index contributed by atoms with van der Waals surface area (Å²) in [4.78, 5) is 0. The smallest absolute Gasteiger partial charge is 0.116 e. The predicted molar refractivity (Wildman–Crippen MR) is 152 cm³/mol. The van der Waals surface area contributed by atoms with Crippen molar-refractivity contribution in [2.45, 2.75) is 19.3 Å². The topological polar surface area (TPSA) is 40.5 Å². The second-order valence-corrected chi connectivity index (χ2v) is 10.2.